The summed E-state index contributed by atoms with van der Waals surface area (Å²) in [5, 5.41) is 0.880. The van der Waals surface area contributed by atoms with Crippen LogP contribution in [0.25, 0.3) is 0 Å². The highest BCUT2D eigenvalue weighted by Gasteiger charge is 2.29. The van der Waals surface area contributed by atoms with Crippen molar-refractivity contribution in [3.8, 4) is 0 Å². The Bertz CT molecular complexity index is 410. The van der Waals surface area contributed by atoms with Gasteiger partial charge in [0.2, 0.25) is 5.91 Å². The van der Waals surface area contributed by atoms with E-state index in [0.717, 1.165) is 29.3 Å². The molecule has 1 amide bonds. The van der Waals surface area contributed by atoms with Gasteiger partial charge in [0.05, 0.1) is 0 Å². The normalized spacial score (nSPS) is 19.6. The van der Waals surface area contributed by atoms with Crippen LogP contribution in [0.3, 0.4) is 0 Å². The third kappa shape index (κ3) is 2.96. The Hall–Kier alpha value is -0.670. The van der Waals surface area contributed by atoms with Gasteiger partial charge in [-0.15, -0.1) is 11.8 Å². The highest BCUT2D eigenvalue weighted by Crippen LogP contribution is 2.38. The summed E-state index contributed by atoms with van der Waals surface area (Å²) in [6.45, 7) is 2.89. The molecule has 1 fully saturated rings. The molecule has 1 heterocycles. The van der Waals surface area contributed by atoms with E-state index in [1.807, 2.05) is 47.9 Å². The fraction of sp³-hybridized carbons (Fsp3) is 0.462. The van der Waals surface area contributed by atoms with Gasteiger partial charge in [-0.3, -0.25) is 4.79 Å². The third-order valence-corrected chi connectivity index (χ3v) is 4.30. The number of hydrogen-bond acceptors (Lipinski definition) is 2. The summed E-state index contributed by atoms with van der Waals surface area (Å²) >= 11 is 7.81. The van der Waals surface area contributed by atoms with Gasteiger partial charge in [-0.05, 0) is 24.1 Å². The molecule has 1 aliphatic heterocycles. The second-order valence-corrected chi connectivity index (χ2v) is 5.74. The molecule has 2 nitrogen and oxygen atoms in total. The molecule has 1 aliphatic rings. The predicted molar refractivity (Wildman–Crippen MR) is 73.3 cm³/mol. The number of benzene rings is 1. The minimum atomic E-state index is 0.146. The topological polar surface area (TPSA) is 20.3 Å². The summed E-state index contributed by atoms with van der Waals surface area (Å²) in [4.78, 5) is 14.0. The molecule has 0 saturated carbocycles. The number of amides is 1. The molecule has 1 atom stereocenters. The minimum Gasteiger partial charge on any atom is -0.326 e. The Morgan fingerprint density at radius 1 is 1.59 bits per heavy atom. The van der Waals surface area contributed by atoms with E-state index in [2.05, 4.69) is 0 Å². The number of nitrogens with zero attached hydrogens (tertiary/aromatic N) is 1. The monoisotopic (exact) mass is 269 g/mol. The van der Waals surface area contributed by atoms with Crippen LogP contribution in [0.5, 0.6) is 0 Å². The van der Waals surface area contributed by atoms with E-state index < -0.39 is 0 Å². The summed E-state index contributed by atoms with van der Waals surface area (Å²) in [5.41, 5.74) is 1.13. The minimum absolute atomic E-state index is 0.146. The van der Waals surface area contributed by atoms with Crippen LogP contribution < -0.4 is 0 Å². The molecule has 0 N–H and O–H groups in total. The zero-order chi connectivity index (χ0) is 12.3. The Labute approximate surface area is 111 Å². The number of halogens is 1. The zero-order valence-corrected chi connectivity index (χ0v) is 11.4. The number of thioether (sulfide) groups is 1. The van der Waals surface area contributed by atoms with Gasteiger partial charge in [0.25, 0.3) is 0 Å². The maximum Gasteiger partial charge on any atom is 0.223 e. The second-order valence-electron chi connectivity index (χ2n) is 4.12. The van der Waals surface area contributed by atoms with Crippen molar-refractivity contribution in [1.29, 1.82) is 0 Å². The molecular weight excluding hydrogens is 254 g/mol. The van der Waals surface area contributed by atoms with E-state index in [4.69, 9.17) is 11.6 Å². The Morgan fingerprint density at radius 3 is 3.12 bits per heavy atom. The van der Waals surface area contributed by atoms with Gasteiger partial charge in [0.1, 0.15) is 5.37 Å². The lowest BCUT2D eigenvalue weighted by atomic mass is 10.2. The highest BCUT2D eigenvalue weighted by atomic mass is 35.5. The van der Waals surface area contributed by atoms with Gasteiger partial charge in [-0.2, -0.15) is 0 Å². The number of carbonyl (C=O) groups excluding carboxylic acids is 1. The fourth-order valence-electron chi connectivity index (χ4n) is 2.02. The van der Waals surface area contributed by atoms with Crippen LogP contribution >= 0.6 is 23.4 Å². The molecule has 92 valence electrons. The molecule has 0 radical (unpaired) electrons. The van der Waals surface area contributed by atoms with Crippen molar-refractivity contribution in [1.82, 2.24) is 4.90 Å². The van der Waals surface area contributed by atoms with Crippen molar-refractivity contribution in [3.05, 3.63) is 34.9 Å². The second kappa shape index (κ2) is 5.78. The summed E-state index contributed by atoms with van der Waals surface area (Å²) in [5.74, 6) is 1.26. The average molecular weight is 270 g/mol. The predicted octanol–water partition coefficient (Wildman–Crippen LogP) is 3.71. The van der Waals surface area contributed by atoms with Gasteiger partial charge in [0.15, 0.2) is 0 Å². The van der Waals surface area contributed by atoms with Gasteiger partial charge >= 0.3 is 0 Å². The summed E-state index contributed by atoms with van der Waals surface area (Å²) in [7, 11) is 0. The van der Waals surface area contributed by atoms with Crippen LogP contribution in [0.15, 0.2) is 24.3 Å². The van der Waals surface area contributed by atoms with E-state index in [0.29, 0.717) is 6.42 Å². The van der Waals surface area contributed by atoms with Crippen molar-refractivity contribution in [3.63, 3.8) is 0 Å². The van der Waals surface area contributed by atoms with E-state index in [9.17, 15) is 4.79 Å². The molecule has 0 aromatic heterocycles. The third-order valence-electron chi connectivity index (χ3n) is 2.81. The van der Waals surface area contributed by atoms with Crippen LogP contribution in [-0.4, -0.2) is 23.1 Å². The molecule has 2 rings (SSSR count). The van der Waals surface area contributed by atoms with E-state index in [-0.39, 0.29) is 11.3 Å². The smallest absolute Gasteiger partial charge is 0.223 e. The molecule has 4 heteroatoms. The van der Waals surface area contributed by atoms with E-state index in [1.165, 1.54) is 0 Å². The molecule has 0 bridgehead atoms. The Morgan fingerprint density at radius 2 is 2.41 bits per heavy atom. The lowest BCUT2D eigenvalue weighted by molar-refractivity contribution is -0.131. The average Bonchev–Trinajstić information content (AvgIpc) is 2.78. The van der Waals surface area contributed by atoms with E-state index in [1.54, 1.807) is 0 Å². The highest BCUT2D eigenvalue weighted by molar-refractivity contribution is 7.99. The molecule has 1 aromatic carbocycles. The van der Waals surface area contributed by atoms with Crippen LogP contribution in [0.2, 0.25) is 5.02 Å². The van der Waals surface area contributed by atoms with Crippen LogP contribution in [0, 0.1) is 0 Å². The van der Waals surface area contributed by atoms with Crippen molar-refractivity contribution in [2.45, 2.75) is 25.1 Å². The first kappa shape index (κ1) is 12.8. The van der Waals surface area contributed by atoms with Crippen molar-refractivity contribution >= 4 is 29.3 Å². The standard InChI is InChI=1S/C13H16ClNOS/c1-2-4-12(16)15-7-8-17-13(15)10-5-3-6-11(14)9-10/h3,5-6,9,13H,2,4,7-8H2,1H3. The molecule has 1 saturated heterocycles. The molecule has 1 aromatic rings. The molecule has 1 unspecified atom stereocenters. The summed E-state index contributed by atoms with van der Waals surface area (Å²) in [6, 6.07) is 7.81. The number of carbonyl (C=O) groups is 1. The zero-order valence-electron chi connectivity index (χ0n) is 9.86. The molecule has 17 heavy (non-hydrogen) atoms. The lowest BCUT2D eigenvalue weighted by Crippen LogP contribution is -2.29. The first-order valence-corrected chi connectivity index (χ1v) is 7.31. The Kier molecular flexibility index (Phi) is 4.35. The van der Waals surface area contributed by atoms with Crippen LogP contribution in [0.4, 0.5) is 0 Å². The molecular formula is C13H16ClNOS. The van der Waals surface area contributed by atoms with Crippen molar-refractivity contribution in [2.75, 3.05) is 12.3 Å². The molecule has 0 aliphatic carbocycles. The fourth-order valence-corrected chi connectivity index (χ4v) is 3.49. The largest absolute Gasteiger partial charge is 0.326 e. The Balaban J connectivity index is 2.17. The quantitative estimate of drug-likeness (QED) is 0.834. The van der Waals surface area contributed by atoms with Crippen molar-refractivity contribution in [2.24, 2.45) is 0 Å². The van der Waals surface area contributed by atoms with E-state index >= 15 is 0 Å². The van der Waals surface area contributed by atoms with Gasteiger partial charge in [0, 0.05) is 23.7 Å². The summed E-state index contributed by atoms with van der Waals surface area (Å²) in [6.07, 6.45) is 1.54. The number of hydrogen-bond donors (Lipinski definition) is 0. The van der Waals surface area contributed by atoms with Gasteiger partial charge in [-0.25, -0.2) is 0 Å². The van der Waals surface area contributed by atoms with Gasteiger partial charge in [-0.1, -0.05) is 30.7 Å². The SMILES string of the molecule is CCCC(=O)N1CCSC1c1cccc(Cl)c1. The maximum atomic E-state index is 12.0. The van der Waals surface area contributed by atoms with Gasteiger partial charge < -0.3 is 4.90 Å². The first-order valence-electron chi connectivity index (χ1n) is 5.89. The van der Waals surface area contributed by atoms with Crippen LogP contribution in [-0.2, 0) is 4.79 Å². The van der Waals surface area contributed by atoms with Crippen molar-refractivity contribution < 1.29 is 4.79 Å². The lowest BCUT2D eigenvalue weighted by Gasteiger charge is -2.24. The first-order chi connectivity index (χ1) is 8.22. The molecule has 0 spiro atoms. The maximum absolute atomic E-state index is 12.0. The number of rotatable bonds is 3. The van der Waals surface area contributed by atoms with Crippen LogP contribution in [0.1, 0.15) is 30.7 Å². The summed E-state index contributed by atoms with van der Waals surface area (Å²) < 4.78 is 0.